The Morgan fingerprint density at radius 2 is 1.85 bits per heavy atom. The van der Waals surface area contributed by atoms with Crippen LogP contribution >= 0.6 is 11.8 Å². The molecule has 80 valence electrons. The number of nitrogens with one attached hydrogen (secondary N) is 1. The van der Waals surface area contributed by atoms with Gasteiger partial charge in [0.25, 0.3) is 0 Å². The Morgan fingerprint density at radius 1 is 1.15 bits per heavy atom. The molecule has 0 saturated heterocycles. The van der Waals surface area contributed by atoms with Crippen LogP contribution < -0.4 is 5.32 Å². The second-order valence-corrected chi connectivity index (χ2v) is 5.14. The van der Waals surface area contributed by atoms with E-state index in [1.54, 1.807) is 0 Å². The molecule has 2 heteroatoms. The summed E-state index contributed by atoms with van der Waals surface area (Å²) in [5.41, 5.74) is 0. The standard InChI is InChI=1S/C11H25NS/c1-10(2)12-9-11(3)7-5-6-8-13-4/h10-12H,5-9H2,1-4H3. The Hall–Kier alpha value is 0.310. The van der Waals surface area contributed by atoms with E-state index in [1.165, 1.54) is 31.6 Å². The molecule has 1 atom stereocenters. The fourth-order valence-corrected chi connectivity index (χ4v) is 1.77. The molecule has 0 rings (SSSR count). The van der Waals surface area contributed by atoms with Crippen molar-refractivity contribution in [2.75, 3.05) is 18.6 Å². The first-order valence-corrected chi connectivity index (χ1v) is 6.78. The molecule has 1 N–H and O–H groups in total. The lowest BCUT2D eigenvalue weighted by Gasteiger charge is -2.14. The number of thioether (sulfide) groups is 1. The molecule has 0 bridgehead atoms. The fraction of sp³-hybridized carbons (Fsp3) is 1.00. The van der Waals surface area contributed by atoms with Crippen molar-refractivity contribution in [2.24, 2.45) is 5.92 Å². The van der Waals surface area contributed by atoms with Crippen molar-refractivity contribution >= 4 is 11.8 Å². The van der Waals surface area contributed by atoms with Gasteiger partial charge in [-0.1, -0.05) is 27.2 Å². The Kier molecular flexibility index (Phi) is 9.10. The summed E-state index contributed by atoms with van der Waals surface area (Å²) in [4.78, 5) is 0. The molecule has 0 fully saturated rings. The van der Waals surface area contributed by atoms with E-state index in [9.17, 15) is 0 Å². The highest BCUT2D eigenvalue weighted by atomic mass is 32.2. The predicted molar refractivity (Wildman–Crippen MR) is 64.5 cm³/mol. The molecular formula is C11H25NS. The van der Waals surface area contributed by atoms with Gasteiger partial charge in [-0.2, -0.15) is 11.8 Å². The number of hydrogen-bond donors (Lipinski definition) is 1. The second kappa shape index (κ2) is 8.89. The van der Waals surface area contributed by atoms with E-state index in [4.69, 9.17) is 0 Å². The van der Waals surface area contributed by atoms with Gasteiger partial charge in [0.1, 0.15) is 0 Å². The Balaban J connectivity index is 3.15. The Bertz CT molecular complexity index is 104. The average molecular weight is 203 g/mol. The van der Waals surface area contributed by atoms with Gasteiger partial charge in [0, 0.05) is 6.04 Å². The molecular weight excluding hydrogens is 178 g/mol. The molecule has 0 heterocycles. The van der Waals surface area contributed by atoms with Gasteiger partial charge in [-0.3, -0.25) is 0 Å². The Morgan fingerprint density at radius 3 is 2.38 bits per heavy atom. The first kappa shape index (κ1) is 13.3. The molecule has 0 spiro atoms. The van der Waals surface area contributed by atoms with Crippen molar-refractivity contribution in [3.63, 3.8) is 0 Å². The topological polar surface area (TPSA) is 12.0 Å². The largest absolute Gasteiger partial charge is 0.314 e. The third-order valence-electron chi connectivity index (χ3n) is 2.17. The molecule has 1 unspecified atom stereocenters. The monoisotopic (exact) mass is 203 g/mol. The van der Waals surface area contributed by atoms with E-state index >= 15 is 0 Å². The lowest BCUT2D eigenvalue weighted by atomic mass is 10.0. The van der Waals surface area contributed by atoms with E-state index in [-0.39, 0.29) is 0 Å². The molecule has 0 aromatic heterocycles. The summed E-state index contributed by atoms with van der Waals surface area (Å²) in [6.45, 7) is 7.94. The average Bonchev–Trinajstić information content (AvgIpc) is 2.09. The molecule has 13 heavy (non-hydrogen) atoms. The van der Waals surface area contributed by atoms with Gasteiger partial charge in [-0.15, -0.1) is 0 Å². The van der Waals surface area contributed by atoms with Crippen molar-refractivity contribution in [1.82, 2.24) is 5.32 Å². The molecule has 0 aliphatic rings. The zero-order valence-corrected chi connectivity index (χ0v) is 10.4. The fourth-order valence-electron chi connectivity index (χ4n) is 1.28. The lowest BCUT2D eigenvalue weighted by Crippen LogP contribution is -2.27. The summed E-state index contributed by atoms with van der Waals surface area (Å²) in [7, 11) is 0. The highest BCUT2D eigenvalue weighted by Gasteiger charge is 2.01. The molecule has 0 aliphatic heterocycles. The van der Waals surface area contributed by atoms with Crippen molar-refractivity contribution in [2.45, 2.75) is 46.1 Å². The minimum atomic E-state index is 0.633. The van der Waals surface area contributed by atoms with Gasteiger partial charge in [0.2, 0.25) is 0 Å². The first-order chi connectivity index (χ1) is 6.16. The maximum Gasteiger partial charge on any atom is 0.00104 e. The number of rotatable bonds is 8. The SMILES string of the molecule is CSCCCCC(C)CNC(C)C. The minimum Gasteiger partial charge on any atom is -0.314 e. The third-order valence-corrected chi connectivity index (χ3v) is 2.87. The third kappa shape index (κ3) is 10.2. The van der Waals surface area contributed by atoms with Crippen LogP contribution in [0.3, 0.4) is 0 Å². The van der Waals surface area contributed by atoms with Gasteiger partial charge in [-0.25, -0.2) is 0 Å². The van der Waals surface area contributed by atoms with Crippen LogP contribution in [0.15, 0.2) is 0 Å². The molecule has 0 aliphatic carbocycles. The van der Waals surface area contributed by atoms with Gasteiger partial charge in [0.15, 0.2) is 0 Å². The van der Waals surface area contributed by atoms with Gasteiger partial charge in [0.05, 0.1) is 0 Å². The van der Waals surface area contributed by atoms with Crippen LogP contribution in [0.4, 0.5) is 0 Å². The first-order valence-electron chi connectivity index (χ1n) is 5.39. The molecule has 0 amide bonds. The normalized spacial score (nSPS) is 13.6. The van der Waals surface area contributed by atoms with Crippen LogP contribution in [-0.2, 0) is 0 Å². The summed E-state index contributed by atoms with van der Waals surface area (Å²) in [6, 6.07) is 0.633. The van der Waals surface area contributed by atoms with Gasteiger partial charge >= 0.3 is 0 Å². The van der Waals surface area contributed by atoms with Crippen LogP contribution in [0.2, 0.25) is 0 Å². The van der Waals surface area contributed by atoms with Crippen molar-refractivity contribution in [1.29, 1.82) is 0 Å². The highest BCUT2D eigenvalue weighted by Crippen LogP contribution is 2.09. The second-order valence-electron chi connectivity index (χ2n) is 4.16. The van der Waals surface area contributed by atoms with Crippen LogP contribution in [0.1, 0.15) is 40.0 Å². The van der Waals surface area contributed by atoms with Gasteiger partial charge < -0.3 is 5.32 Å². The summed E-state index contributed by atoms with van der Waals surface area (Å²) in [5.74, 6) is 2.16. The zero-order chi connectivity index (χ0) is 10.1. The lowest BCUT2D eigenvalue weighted by molar-refractivity contribution is 0.441. The van der Waals surface area contributed by atoms with E-state index < -0.39 is 0 Å². The minimum absolute atomic E-state index is 0.633. The molecule has 0 saturated carbocycles. The van der Waals surface area contributed by atoms with E-state index in [2.05, 4.69) is 32.3 Å². The van der Waals surface area contributed by atoms with Crippen LogP contribution in [-0.4, -0.2) is 24.6 Å². The Labute approximate surface area is 88.1 Å². The van der Waals surface area contributed by atoms with Crippen LogP contribution in [0, 0.1) is 5.92 Å². The molecule has 0 radical (unpaired) electrons. The zero-order valence-electron chi connectivity index (χ0n) is 9.60. The van der Waals surface area contributed by atoms with Crippen molar-refractivity contribution in [3.8, 4) is 0 Å². The van der Waals surface area contributed by atoms with E-state index in [1.807, 2.05) is 11.8 Å². The van der Waals surface area contributed by atoms with Crippen LogP contribution in [0.25, 0.3) is 0 Å². The highest BCUT2D eigenvalue weighted by molar-refractivity contribution is 7.98. The van der Waals surface area contributed by atoms with Crippen LogP contribution in [0.5, 0.6) is 0 Å². The maximum absolute atomic E-state index is 3.48. The maximum atomic E-state index is 3.48. The smallest absolute Gasteiger partial charge is 0.00104 e. The van der Waals surface area contributed by atoms with Crippen molar-refractivity contribution < 1.29 is 0 Å². The quantitative estimate of drug-likeness (QED) is 0.608. The number of hydrogen-bond acceptors (Lipinski definition) is 2. The summed E-state index contributed by atoms with van der Waals surface area (Å²) < 4.78 is 0. The summed E-state index contributed by atoms with van der Waals surface area (Å²) in [6.07, 6.45) is 6.33. The molecule has 0 aromatic carbocycles. The summed E-state index contributed by atoms with van der Waals surface area (Å²) in [5, 5.41) is 3.48. The number of unbranched alkanes of at least 4 members (excludes halogenated alkanes) is 1. The predicted octanol–water partition coefficient (Wildman–Crippen LogP) is 3.15. The van der Waals surface area contributed by atoms with Gasteiger partial charge in [-0.05, 0) is 37.3 Å². The van der Waals surface area contributed by atoms with E-state index in [0.29, 0.717) is 6.04 Å². The van der Waals surface area contributed by atoms with E-state index in [0.717, 1.165) is 5.92 Å². The molecule has 1 nitrogen and oxygen atoms in total. The molecule has 0 aromatic rings. The summed E-state index contributed by atoms with van der Waals surface area (Å²) >= 11 is 1.96. The van der Waals surface area contributed by atoms with Crippen molar-refractivity contribution in [3.05, 3.63) is 0 Å².